The highest BCUT2D eigenvalue weighted by atomic mass is 32.1. The van der Waals surface area contributed by atoms with Gasteiger partial charge in [-0.05, 0) is 60.7 Å². The molecule has 0 saturated heterocycles. The lowest BCUT2D eigenvalue weighted by Crippen LogP contribution is -2.12. The molecule has 180 valence electrons. The predicted molar refractivity (Wildman–Crippen MR) is 141 cm³/mol. The van der Waals surface area contributed by atoms with Crippen molar-refractivity contribution in [3.63, 3.8) is 0 Å². The van der Waals surface area contributed by atoms with Crippen LogP contribution in [0.25, 0.3) is 22.6 Å². The summed E-state index contributed by atoms with van der Waals surface area (Å²) in [5.74, 6) is 0.846. The van der Waals surface area contributed by atoms with Crippen LogP contribution in [0.2, 0.25) is 0 Å². The number of hydrogen-bond acceptors (Lipinski definition) is 5. The van der Waals surface area contributed by atoms with Crippen LogP contribution in [-0.2, 0) is 0 Å². The number of amides is 1. The number of hydrogen-bond donors (Lipinski definition) is 2. The van der Waals surface area contributed by atoms with Crippen molar-refractivity contribution in [1.29, 1.82) is 0 Å². The van der Waals surface area contributed by atoms with E-state index in [0.29, 0.717) is 33.2 Å². The SMILES string of the molecule is COc1ccc(-c2nn(-c3ccccc3)cc2C(=O)Nc2cccc(-n3cc[nH]c3=S)c2)cc1OC. The van der Waals surface area contributed by atoms with Crippen LogP contribution in [0, 0.1) is 4.77 Å². The number of carbonyl (C=O) groups excluding carboxylic acids is 1. The number of ether oxygens (including phenoxy) is 2. The lowest BCUT2D eigenvalue weighted by Gasteiger charge is -2.10. The lowest BCUT2D eigenvalue weighted by atomic mass is 10.1. The molecule has 2 N–H and O–H groups in total. The molecule has 0 aliphatic carbocycles. The maximum Gasteiger partial charge on any atom is 0.259 e. The number of aromatic amines is 1. The second-order valence-electron chi connectivity index (χ2n) is 7.88. The highest BCUT2D eigenvalue weighted by Gasteiger charge is 2.20. The fourth-order valence-electron chi connectivity index (χ4n) is 3.91. The van der Waals surface area contributed by atoms with Gasteiger partial charge in [-0.2, -0.15) is 5.10 Å². The monoisotopic (exact) mass is 497 g/mol. The van der Waals surface area contributed by atoms with Crippen LogP contribution in [0.4, 0.5) is 5.69 Å². The molecule has 0 saturated carbocycles. The molecule has 2 heterocycles. The van der Waals surface area contributed by atoms with Gasteiger partial charge in [0.15, 0.2) is 16.3 Å². The van der Waals surface area contributed by atoms with Gasteiger partial charge < -0.3 is 19.8 Å². The first kappa shape index (κ1) is 23.1. The number of nitrogens with zero attached hydrogens (tertiary/aromatic N) is 3. The van der Waals surface area contributed by atoms with E-state index in [-0.39, 0.29) is 5.91 Å². The lowest BCUT2D eigenvalue weighted by molar-refractivity contribution is 0.102. The van der Waals surface area contributed by atoms with E-state index in [9.17, 15) is 4.79 Å². The molecule has 2 aromatic heterocycles. The van der Waals surface area contributed by atoms with Crippen molar-refractivity contribution in [3.8, 4) is 34.1 Å². The maximum absolute atomic E-state index is 13.5. The van der Waals surface area contributed by atoms with Crippen molar-refractivity contribution in [1.82, 2.24) is 19.3 Å². The van der Waals surface area contributed by atoms with Crippen LogP contribution in [0.3, 0.4) is 0 Å². The number of imidazole rings is 1. The highest BCUT2D eigenvalue weighted by molar-refractivity contribution is 7.71. The van der Waals surface area contributed by atoms with Crippen molar-refractivity contribution in [2.45, 2.75) is 0 Å². The van der Waals surface area contributed by atoms with Gasteiger partial charge >= 0.3 is 0 Å². The molecule has 0 radical (unpaired) electrons. The summed E-state index contributed by atoms with van der Waals surface area (Å²) in [6, 6.07) is 22.5. The minimum absolute atomic E-state index is 0.295. The van der Waals surface area contributed by atoms with Crippen molar-refractivity contribution >= 4 is 23.8 Å². The Kier molecular flexibility index (Phi) is 6.38. The first-order chi connectivity index (χ1) is 17.6. The standard InChI is InChI=1S/C27H23N5O3S/c1-34-23-12-11-18(15-24(23)35-2)25-22(17-32(30-25)20-8-4-3-5-9-20)26(33)29-19-7-6-10-21(16-19)31-14-13-28-27(31)36/h3-17H,1-2H3,(H,28,36)(H,29,33). The van der Waals surface area contributed by atoms with Crippen molar-refractivity contribution in [2.24, 2.45) is 0 Å². The molecular weight excluding hydrogens is 474 g/mol. The average Bonchev–Trinajstić information content (AvgIpc) is 3.56. The van der Waals surface area contributed by atoms with Crippen LogP contribution in [0.1, 0.15) is 10.4 Å². The molecule has 1 amide bonds. The van der Waals surface area contributed by atoms with E-state index in [1.165, 1.54) is 0 Å². The van der Waals surface area contributed by atoms with Gasteiger partial charge in [-0.3, -0.25) is 9.36 Å². The normalized spacial score (nSPS) is 10.7. The average molecular weight is 498 g/mol. The molecule has 0 fully saturated rings. The zero-order valence-corrected chi connectivity index (χ0v) is 20.5. The van der Waals surface area contributed by atoms with E-state index in [2.05, 4.69) is 10.3 Å². The maximum atomic E-state index is 13.5. The van der Waals surface area contributed by atoms with Crippen molar-refractivity contribution in [2.75, 3.05) is 19.5 Å². The molecule has 5 rings (SSSR count). The number of H-pyrrole nitrogens is 1. The van der Waals surface area contributed by atoms with E-state index >= 15 is 0 Å². The largest absolute Gasteiger partial charge is 0.493 e. The number of anilines is 1. The fraction of sp³-hybridized carbons (Fsp3) is 0.0741. The number of benzene rings is 3. The fourth-order valence-corrected chi connectivity index (χ4v) is 4.14. The van der Waals surface area contributed by atoms with E-state index in [1.807, 2.05) is 77.5 Å². The molecule has 3 aromatic carbocycles. The Labute approximate surface area is 212 Å². The molecule has 0 aliphatic heterocycles. The van der Waals surface area contributed by atoms with Crippen LogP contribution in [-0.4, -0.2) is 39.5 Å². The molecule has 8 nitrogen and oxygen atoms in total. The van der Waals surface area contributed by atoms with Gasteiger partial charge in [0.1, 0.15) is 5.69 Å². The van der Waals surface area contributed by atoms with Gasteiger partial charge in [-0.1, -0.05) is 24.3 Å². The third kappa shape index (κ3) is 4.51. The summed E-state index contributed by atoms with van der Waals surface area (Å²) < 4.78 is 14.9. The predicted octanol–water partition coefficient (Wildman–Crippen LogP) is 5.66. The van der Waals surface area contributed by atoms with Gasteiger partial charge in [0.2, 0.25) is 0 Å². The Morgan fingerprint density at radius 2 is 1.72 bits per heavy atom. The minimum atomic E-state index is -0.295. The van der Waals surface area contributed by atoms with Gasteiger partial charge in [0.25, 0.3) is 5.91 Å². The number of carbonyl (C=O) groups is 1. The third-order valence-electron chi connectivity index (χ3n) is 5.67. The van der Waals surface area contributed by atoms with Crippen molar-refractivity contribution < 1.29 is 14.3 Å². The Bertz CT molecular complexity index is 1590. The second-order valence-corrected chi connectivity index (χ2v) is 8.27. The van der Waals surface area contributed by atoms with Crippen LogP contribution in [0.15, 0.2) is 91.4 Å². The number of rotatable bonds is 7. The summed E-state index contributed by atoms with van der Waals surface area (Å²) in [4.78, 5) is 16.5. The smallest absolute Gasteiger partial charge is 0.259 e. The molecule has 0 spiro atoms. The number of methoxy groups -OCH3 is 2. The molecule has 0 atom stereocenters. The molecule has 0 bridgehead atoms. The highest BCUT2D eigenvalue weighted by Crippen LogP contribution is 2.33. The van der Waals surface area contributed by atoms with E-state index in [0.717, 1.165) is 16.9 Å². The summed E-state index contributed by atoms with van der Waals surface area (Å²) in [6.07, 6.45) is 5.33. The van der Waals surface area contributed by atoms with Gasteiger partial charge in [0, 0.05) is 35.5 Å². The van der Waals surface area contributed by atoms with Gasteiger partial charge in [-0.25, -0.2) is 4.68 Å². The first-order valence-corrected chi connectivity index (χ1v) is 11.5. The summed E-state index contributed by atoms with van der Waals surface area (Å²) in [5.41, 5.74) is 3.95. The molecule has 36 heavy (non-hydrogen) atoms. The zero-order chi connectivity index (χ0) is 25.1. The first-order valence-electron chi connectivity index (χ1n) is 11.1. The summed E-state index contributed by atoms with van der Waals surface area (Å²) in [6.45, 7) is 0. The summed E-state index contributed by atoms with van der Waals surface area (Å²) in [5, 5.41) is 7.75. The summed E-state index contributed by atoms with van der Waals surface area (Å²) >= 11 is 5.32. The summed E-state index contributed by atoms with van der Waals surface area (Å²) in [7, 11) is 3.15. The number of nitrogens with one attached hydrogen (secondary N) is 2. The van der Waals surface area contributed by atoms with E-state index in [1.54, 1.807) is 37.4 Å². The van der Waals surface area contributed by atoms with Crippen LogP contribution in [0.5, 0.6) is 11.5 Å². The number of para-hydroxylation sites is 1. The molecule has 5 aromatic rings. The van der Waals surface area contributed by atoms with Crippen molar-refractivity contribution in [3.05, 3.63) is 102 Å². The minimum Gasteiger partial charge on any atom is -0.493 e. The van der Waals surface area contributed by atoms with Gasteiger partial charge in [-0.15, -0.1) is 0 Å². The topological polar surface area (TPSA) is 86.1 Å². The second kappa shape index (κ2) is 9.93. The van der Waals surface area contributed by atoms with Crippen LogP contribution < -0.4 is 14.8 Å². The third-order valence-corrected chi connectivity index (χ3v) is 5.98. The molecular formula is C27H23N5O3S. The number of aromatic nitrogens is 4. The Hall–Kier alpha value is -4.63. The molecule has 0 aliphatic rings. The van der Waals surface area contributed by atoms with E-state index < -0.39 is 0 Å². The van der Waals surface area contributed by atoms with Gasteiger partial charge in [0.05, 0.1) is 25.5 Å². The van der Waals surface area contributed by atoms with Crippen LogP contribution >= 0.6 is 12.2 Å². The molecule has 9 heteroatoms. The Morgan fingerprint density at radius 1 is 0.944 bits per heavy atom. The quantitative estimate of drug-likeness (QED) is 0.284. The zero-order valence-electron chi connectivity index (χ0n) is 19.6. The Morgan fingerprint density at radius 3 is 2.44 bits per heavy atom. The Balaban J connectivity index is 1.55. The molecule has 0 unspecified atom stereocenters. The van der Waals surface area contributed by atoms with E-state index in [4.69, 9.17) is 26.8 Å².